The second-order valence-corrected chi connectivity index (χ2v) is 11.5. The molecule has 1 N–H and O–H groups in total. The zero-order chi connectivity index (χ0) is 28.1. The standard InChI is InChI=1S/C32H42FN3O3/c1-21(2)28(19-30(37)22(3)34-4)32(39)36-17-16-35(26-14-12-25(33)13-15-26)20-29(36)31(38)18-24-10-7-9-23-8-5-6-11-27(23)24/h5-6,8,11-15,21-22,24,28-29,34H,7,9-10,16-20H2,1-4H3/t22-,24-,28-,29-/m0/s1. The molecule has 210 valence electrons. The van der Waals surface area contributed by atoms with Crippen molar-refractivity contribution in [1.82, 2.24) is 10.2 Å². The van der Waals surface area contributed by atoms with Gasteiger partial charge in [0.05, 0.1) is 6.04 Å². The first-order valence-corrected chi connectivity index (χ1v) is 14.3. The minimum atomic E-state index is -0.622. The van der Waals surface area contributed by atoms with Gasteiger partial charge in [0.1, 0.15) is 17.6 Å². The Hall–Kier alpha value is -3.06. The molecule has 7 heteroatoms. The predicted octanol–water partition coefficient (Wildman–Crippen LogP) is 4.76. The van der Waals surface area contributed by atoms with Gasteiger partial charge in [-0.25, -0.2) is 4.39 Å². The summed E-state index contributed by atoms with van der Waals surface area (Å²) in [6.07, 6.45) is 3.56. The van der Waals surface area contributed by atoms with E-state index in [0.29, 0.717) is 26.1 Å². The molecular formula is C32H42FN3O3. The Morgan fingerprint density at radius 3 is 2.44 bits per heavy atom. The number of nitrogens with zero attached hydrogens (tertiary/aromatic N) is 2. The van der Waals surface area contributed by atoms with E-state index in [1.54, 1.807) is 31.0 Å². The second kappa shape index (κ2) is 12.9. The molecule has 0 radical (unpaired) electrons. The highest BCUT2D eigenvalue weighted by molar-refractivity contribution is 5.94. The number of anilines is 1. The lowest BCUT2D eigenvalue weighted by atomic mass is 9.79. The SMILES string of the molecule is CN[C@@H](C)C(=O)C[C@H](C(=O)N1CCN(c2ccc(F)cc2)C[C@H]1C(=O)C[C@@H]1CCCc2ccccc21)C(C)C. The van der Waals surface area contributed by atoms with Crippen LogP contribution in [0.2, 0.25) is 0 Å². The molecule has 2 aromatic rings. The zero-order valence-corrected chi connectivity index (χ0v) is 23.7. The molecule has 0 bridgehead atoms. The number of piperazine rings is 1. The number of hydrogen-bond acceptors (Lipinski definition) is 5. The molecule has 4 rings (SSSR count). The summed E-state index contributed by atoms with van der Waals surface area (Å²) in [5.74, 6) is -0.776. The normalized spacial score (nSPS) is 20.9. The van der Waals surface area contributed by atoms with Crippen molar-refractivity contribution in [3.05, 3.63) is 65.5 Å². The van der Waals surface area contributed by atoms with E-state index in [1.807, 2.05) is 26.0 Å². The lowest BCUT2D eigenvalue weighted by molar-refractivity contribution is -0.146. The first kappa shape index (κ1) is 28.9. The van der Waals surface area contributed by atoms with Crippen LogP contribution in [0.4, 0.5) is 10.1 Å². The van der Waals surface area contributed by atoms with E-state index < -0.39 is 12.0 Å². The Morgan fingerprint density at radius 2 is 1.74 bits per heavy atom. The molecule has 1 aliphatic carbocycles. The molecule has 1 aliphatic heterocycles. The molecule has 1 fully saturated rings. The van der Waals surface area contributed by atoms with Crippen LogP contribution in [0.25, 0.3) is 0 Å². The zero-order valence-electron chi connectivity index (χ0n) is 23.7. The van der Waals surface area contributed by atoms with Crippen LogP contribution >= 0.6 is 0 Å². The van der Waals surface area contributed by atoms with Crippen molar-refractivity contribution in [2.45, 2.75) is 70.9 Å². The highest BCUT2D eigenvalue weighted by Gasteiger charge is 2.40. The van der Waals surface area contributed by atoms with Crippen molar-refractivity contribution in [3.8, 4) is 0 Å². The largest absolute Gasteiger partial charge is 0.367 e. The summed E-state index contributed by atoms with van der Waals surface area (Å²) >= 11 is 0. The Bertz CT molecular complexity index is 1170. The number of carbonyl (C=O) groups excluding carboxylic acids is 3. The third-order valence-corrected chi connectivity index (χ3v) is 8.63. The average molecular weight is 536 g/mol. The number of ketones is 2. The van der Waals surface area contributed by atoms with Gasteiger partial charge in [-0.1, -0.05) is 38.1 Å². The van der Waals surface area contributed by atoms with Crippen molar-refractivity contribution in [3.63, 3.8) is 0 Å². The molecule has 39 heavy (non-hydrogen) atoms. The molecule has 4 atom stereocenters. The van der Waals surface area contributed by atoms with Gasteiger partial charge in [0.25, 0.3) is 0 Å². The quantitative estimate of drug-likeness (QED) is 0.475. The molecule has 2 aromatic carbocycles. The van der Waals surface area contributed by atoms with Crippen LogP contribution in [0.5, 0.6) is 0 Å². The third kappa shape index (κ3) is 6.75. The smallest absolute Gasteiger partial charge is 0.227 e. The number of amides is 1. The number of rotatable bonds is 10. The number of nitrogens with one attached hydrogen (secondary N) is 1. The van der Waals surface area contributed by atoms with E-state index in [-0.39, 0.29) is 47.6 Å². The van der Waals surface area contributed by atoms with Gasteiger partial charge in [-0.15, -0.1) is 0 Å². The molecule has 0 spiro atoms. The number of hydrogen-bond donors (Lipinski definition) is 1. The summed E-state index contributed by atoms with van der Waals surface area (Å²) in [6.45, 7) is 7.01. The van der Waals surface area contributed by atoms with E-state index in [9.17, 15) is 18.8 Å². The molecule has 1 saturated heterocycles. The van der Waals surface area contributed by atoms with E-state index in [1.165, 1.54) is 23.3 Å². The van der Waals surface area contributed by atoms with Crippen molar-refractivity contribution >= 4 is 23.2 Å². The van der Waals surface area contributed by atoms with Gasteiger partial charge in [-0.05, 0) is 80.5 Å². The van der Waals surface area contributed by atoms with Gasteiger partial charge < -0.3 is 15.1 Å². The maximum atomic E-state index is 14.0. The van der Waals surface area contributed by atoms with Crippen LogP contribution in [0, 0.1) is 17.7 Å². The van der Waals surface area contributed by atoms with Crippen molar-refractivity contribution < 1.29 is 18.8 Å². The van der Waals surface area contributed by atoms with Gasteiger partial charge in [0.15, 0.2) is 5.78 Å². The number of aryl methyl sites for hydroxylation is 1. The van der Waals surface area contributed by atoms with Gasteiger partial charge in [-0.3, -0.25) is 14.4 Å². The molecule has 1 amide bonds. The summed E-state index contributed by atoms with van der Waals surface area (Å²) in [6, 6.07) is 13.7. The molecule has 6 nitrogen and oxygen atoms in total. The van der Waals surface area contributed by atoms with Crippen LogP contribution in [0.3, 0.4) is 0 Å². The van der Waals surface area contributed by atoms with Gasteiger partial charge in [0.2, 0.25) is 5.91 Å². The van der Waals surface area contributed by atoms with Crippen LogP contribution in [-0.2, 0) is 20.8 Å². The van der Waals surface area contributed by atoms with E-state index in [2.05, 4.69) is 22.3 Å². The Labute approximate surface area is 231 Å². The molecule has 2 aliphatic rings. The summed E-state index contributed by atoms with van der Waals surface area (Å²) in [4.78, 5) is 44.6. The predicted molar refractivity (Wildman–Crippen MR) is 152 cm³/mol. The second-order valence-electron chi connectivity index (χ2n) is 11.5. The highest BCUT2D eigenvalue weighted by atomic mass is 19.1. The Kier molecular flexibility index (Phi) is 9.54. The van der Waals surface area contributed by atoms with E-state index >= 15 is 0 Å². The highest BCUT2D eigenvalue weighted by Crippen LogP contribution is 2.35. The molecule has 1 heterocycles. The number of halogens is 1. The number of fused-ring (bicyclic) bond motifs is 1. The lowest BCUT2D eigenvalue weighted by Crippen LogP contribution is -2.60. The minimum absolute atomic E-state index is 0.00353. The maximum Gasteiger partial charge on any atom is 0.227 e. The average Bonchev–Trinajstić information content (AvgIpc) is 2.95. The van der Waals surface area contributed by atoms with Crippen LogP contribution in [0.15, 0.2) is 48.5 Å². The molecule has 0 unspecified atom stereocenters. The van der Waals surface area contributed by atoms with Gasteiger partial charge in [0, 0.05) is 44.1 Å². The fraction of sp³-hybridized carbons (Fsp3) is 0.531. The van der Waals surface area contributed by atoms with Gasteiger partial charge >= 0.3 is 0 Å². The summed E-state index contributed by atoms with van der Waals surface area (Å²) in [7, 11) is 1.74. The minimum Gasteiger partial charge on any atom is -0.367 e. The molecule has 0 saturated carbocycles. The van der Waals surface area contributed by atoms with Crippen LogP contribution in [-0.4, -0.2) is 61.1 Å². The van der Waals surface area contributed by atoms with Crippen molar-refractivity contribution in [2.75, 3.05) is 31.6 Å². The summed E-state index contributed by atoms with van der Waals surface area (Å²) in [5, 5.41) is 2.97. The number of carbonyl (C=O) groups is 3. The third-order valence-electron chi connectivity index (χ3n) is 8.63. The monoisotopic (exact) mass is 535 g/mol. The van der Waals surface area contributed by atoms with Gasteiger partial charge in [-0.2, -0.15) is 0 Å². The Morgan fingerprint density at radius 1 is 1.03 bits per heavy atom. The first-order valence-electron chi connectivity index (χ1n) is 14.3. The number of Topliss-reactive ketones (excluding diaryl/α,β-unsaturated/α-hetero) is 2. The fourth-order valence-corrected chi connectivity index (χ4v) is 6.03. The number of benzene rings is 2. The summed E-state index contributed by atoms with van der Waals surface area (Å²) < 4.78 is 13.6. The van der Waals surface area contributed by atoms with Crippen LogP contribution in [0.1, 0.15) is 63.5 Å². The maximum absolute atomic E-state index is 14.0. The summed E-state index contributed by atoms with van der Waals surface area (Å²) in [5.41, 5.74) is 3.39. The van der Waals surface area contributed by atoms with E-state index in [4.69, 9.17) is 0 Å². The first-order chi connectivity index (χ1) is 18.7. The molecule has 0 aromatic heterocycles. The fourth-order valence-electron chi connectivity index (χ4n) is 6.03. The van der Waals surface area contributed by atoms with Crippen LogP contribution < -0.4 is 10.2 Å². The van der Waals surface area contributed by atoms with E-state index in [0.717, 1.165) is 24.9 Å². The number of likely N-dealkylation sites (N-methyl/N-ethyl adjacent to an activating group) is 1. The van der Waals surface area contributed by atoms with Crippen molar-refractivity contribution in [1.29, 1.82) is 0 Å². The van der Waals surface area contributed by atoms with Crippen molar-refractivity contribution in [2.24, 2.45) is 11.8 Å². The topological polar surface area (TPSA) is 69.7 Å². The lowest BCUT2D eigenvalue weighted by Gasteiger charge is -2.44. The molecular weight excluding hydrogens is 493 g/mol. The Balaban J connectivity index is 1.59.